The molecule has 2 fully saturated rings. The van der Waals surface area contributed by atoms with Crippen molar-refractivity contribution in [1.82, 2.24) is 0 Å². The fourth-order valence-corrected chi connectivity index (χ4v) is 9.08. The summed E-state index contributed by atoms with van der Waals surface area (Å²) in [6, 6.07) is 5.72. The Kier molecular flexibility index (Phi) is 6.14. The van der Waals surface area contributed by atoms with Crippen LogP contribution in [0.15, 0.2) is 47.2 Å². The van der Waals surface area contributed by atoms with Crippen LogP contribution in [0.25, 0.3) is 5.57 Å². The van der Waals surface area contributed by atoms with Crippen LogP contribution in [-0.4, -0.2) is 63.6 Å². The van der Waals surface area contributed by atoms with Crippen molar-refractivity contribution in [3.63, 3.8) is 0 Å². The predicted octanol–water partition coefficient (Wildman–Crippen LogP) is 3.09. The molecule has 4 aliphatic rings. The van der Waals surface area contributed by atoms with E-state index >= 15 is 8.78 Å². The number of carboxylic acid groups (broad SMARTS) is 1. The second kappa shape index (κ2) is 9.33. The lowest BCUT2D eigenvalue weighted by Crippen LogP contribution is -2.50. The summed E-state index contributed by atoms with van der Waals surface area (Å²) in [6.07, 6.45) is 7.86. The van der Waals surface area contributed by atoms with E-state index in [4.69, 9.17) is 0 Å². The van der Waals surface area contributed by atoms with E-state index in [-0.39, 0.29) is 5.57 Å². The van der Waals surface area contributed by atoms with Crippen molar-refractivity contribution in [2.75, 3.05) is 38.2 Å². The SMILES string of the molecule is COC(=O)c1c(F)c(F)c(C(=O)[O-])c(C2=C3C=CC(=[N+]4CCC4)C=C3[Si](C)(C)c3cc(N4CCC4)ccc32)c1F. The number of allylic oxidation sites excluding steroid dienone is 5. The van der Waals surface area contributed by atoms with Crippen molar-refractivity contribution in [3.05, 3.63) is 86.9 Å². The van der Waals surface area contributed by atoms with E-state index in [1.165, 1.54) is 0 Å². The molecule has 0 unspecified atom stereocenters. The van der Waals surface area contributed by atoms with E-state index in [0.717, 1.165) is 67.9 Å². The number of rotatable bonds is 4. The van der Waals surface area contributed by atoms with Crippen LogP contribution in [0.2, 0.25) is 13.1 Å². The van der Waals surface area contributed by atoms with E-state index < -0.39 is 54.2 Å². The Labute approximate surface area is 230 Å². The molecule has 0 radical (unpaired) electrons. The monoisotopic (exact) mass is 564 g/mol. The molecule has 2 aromatic rings. The van der Waals surface area contributed by atoms with Crippen molar-refractivity contribution in [3.8, 4) is 0 Å². The van der Waals surface area contributed by atoms with Crippen molar-refractivity contribution in [2.24, 2.45) is 0 Å². The molecule has 0 atom stereocenters. The molecule has 0 amide bonds. The number of anilines is 1. The summed E-state index contributed by atoms with van der Waals surface area (Å²) in [4.78, 5) is 26.9. The van der Waals surface area contributed by atoms with Gasteiger partial charge in [-0.3, -0.25) is 0 Å². The fourth-order valence-electron chi connectivity index (χ4n) is 6.00. The van der Waals surface area contributed by atoms with Crippen LogP contribution in [-0.2, 0) is 4.74 Å². The molecular weight excluding hydrogens is 537 g/mol. The molecule has 3 heterocycles. The zero-order valence-corrected chi connectivity index (χ0v) is 23.4. The van der Waals surface area contributed by atoms with Gasteiger partial charge in [-0.1, -0.05) is 19.2 Å². The summed E-state index contributed by atoms with van der Waals surface area (Å²) >= 11 is 0. The van der Waals surface area contributed by atoms with E-state index in [2.05, 4.69) is 39.4 Å². The number of methoxy groups -OCH3 is 1. The van der Waals surface area contributed by atoms with Gasteiger partial charge in [0.2, 0.25) is 0 Å². The first-order valence-electron chi connectivity index (χ1n) is 13.2. The molecule has 0 aromatic heterocycles. The second-order valence-corrected chi connectivity index (χ2v) is 15.3. The summed E-state index contributed by atoms with van der Waals surface area (Å²) < 4.78 is 53.3. The van der Waals surface area contributed by atoms with Crippen LogP contribution in [0, 0.1) is 17.5 Å². The topological polar surface area (TPSA) is 72.7 Å². The summed E-state index contributed by atoms with van der Waals surface area (Å²) in [7, 11) is -1.58. The van der Waals surface area contributed by atoms with Gasteiger partial charge in [0.05, 0.1) is 19.5 Å². The van der Waals surface area contributed by atoms with Crippen molar-refractivity contribution >= 4 is 42.2 Å². The highest BCUT2D eigenvalue weighted by Gasteiger charge is 2.43. The van der Waals surface area contributed by atoms with Crippen molar-refractivity contribution in [1.29, 1.82) is 0 Å². The molecule has 6 nitrogen and oxygen atoms in total. The minimum Gasteiger partial charge on any atom is -0.545 e. The number of benzene rings is 2. The van der Waals surface area contributed by atoms with E-state index in [1.54, 1.807) is 12.1 Å². The standard InChI is InChI=1S/C30H27F3N2O4Si/c1-39-30(38)25-26(31)23(24(29(36)37)27(32)28(25)33)22-18-8-6-16(34-10-4-11-34)14-20(18)40(2,3)21-15-17(7-9-19(21)22)35-12-5-13-35/h6-9,14-15H,4-5,10-13H2,1-3H3. The van der Waals surface area contributed by atoms with E-state index in [9.17, 15) is 19.1 Å². The highest BCUT2D eigenvalue weighted by molar-refractivity contribution is 6.98. The van der Waals surface area contributed by atoms with Crippen molar-refractivity contribution in [2.45, 2.75) is 25.9 Å². The van der Waals surface area contributed by atoms with E-state index in [0.29, 0.717) is 11.1 Å². The number of carboxylic acids is 1. The lowest BCUT2D eigenvalue weighted by molar-refractivity contribution is -0.582. The molecular formula is C30H27F3N2O4Si. The molecule has 0 N–H and O–H groups in total. The van der Waals surface area contributed by atoms with Gasteiger partial charge in [0.1, 0.15) is 32.5 Å². The lowest BCUT2D eigenvalue weighted by atomic mass is 9.85. The second-order valence-electron chi connectivity index (χ2n) is 11.0. The molecule has 2 aromatic carbocycles. The fraction of sp³-hybridized carbons (Fsp3) is 0.300. The average molecular weight is 565 g/mol. The molecule has 3 aliphatic heterocycles. The Morgan fingerprint density at radius 2 is 1.70 bits per heavy atom. The first-order chi connectivity index (χ1) is 19.1. The molecule has 206 valence electrons. The van der Waals surface area contributed by atoms with Gasteiger partial charge in [0, 0.05) is 42.1 Å². The molecule has 0 saturated carbocycles. The number of carbonyl (C=O) groups is 2. The maximum Gasteiger partial charge on any atom is 0.344 e. The number of carbonyl (C=O) groups excluding carboxylic acids is 2. The number of ether oxygens (including phenoxy) is 1. The zero-order chi connectivity index (χ0) is 28.5. The van der Waals surface area contributed by atoms with Gasteiger partial charge in [-0.15, -0.1) is 0 Å². The molecule has 0 bridgehead atoms. The lowest BCUT2D eigenvalue weighted by Gasteiger charge is -2.40. The smallest absolute Gasteiger partial charge is 0.344 e. The molecule has 0 spiro atoms. The molecule has 1 aliphatic carbocycles. The number of aromatic carboxylic acids is 1. The van der Waals surface area contributed by atoms with Crippen LogP contribution in [0.3, 0.4) is 0 Å². The highest BCUT2D eigenvalue weighted by atomic mass is 28.3. The number of hydrogen-bond acceptors (Lipinski definition) is 5. The maximum absolute atomic E-state index is 16.3. The third-order valence-corrected chi connectivity index (χ3v) is 12.0. The highest BCUT2D eigenvalue weighted by Crippen LogP contribution is 2.45. The molecule has 6 rings (SSSR count). The quantitative estimate of drug-likeness (QED) is 0.247. The van der Waals surface area contributed by atoms with Crippen molar-refractivity contribution < 1.29 is 37.2 Å². The Morgan fingerprint density at radius 3 is 2.27 bits per heavy atom. The summed E-state index contributed by atoms with van der Waals surface area (Å²) in [5, 5.41) is 14.1. The van der Waals surface area contributed by atoms with Gasteiger partial charge in [-0.2, -0.15) is 0 Å². The minimum atomic E-state index is -2.49. The summed E-state index contributed by atoms with van der Waals surface area (Å²) in [6.45, 7) is 7.96. The first kappa shape index (κ1) is 26.3. The van der Waals surface area contributed by atoms with Crippen LogP contribution in [0.5, 0.6) is 0 Å². The van der Waals surface area contributed by atoms with Gasteiger partial charge in [-0.05, 0) is 51.7 Å². The van der Waals surface area contributed by atoms with Gasteiger partial charge >= 0.3 is 5.97 Å². The average Bonchev–Trinajstić information content (AvgIpc) is 2.85. The van der Waals surface area contributed by atoms with Gasteiger partial charge < -0.3 is 19.5 Å². The first-order valence-corrected chi connectivity index (χ1v) is 16.2. The largest absolute Gasteiger partial charge is 0.545 e. The Hall–Kier alpha value is -3.92. The van der Waals surface area contributed by atoms with Crippen LogP contribution < -0.4 is 15.2 Å². The zero-order valence-electron chi connectivity index (χ0n) is 22.4. The number of hydrogen-bond donors (Lipinski definition) is 0. The number of halogens is 3. The third kappa shape index (κ3) is 3.72. The maximum atomic E-state index is 16.3. The van der Waals surface area contributed by atoms with Gasteiger partial charge in [-0.25, -0.2) is 22.5 Å². The van der Waals surface area contributed by atoms with Crippen LogP contribution in [0.1, 0.15) is 44.7 Å². The predicted molar refractivity (Wildman–Crippen MR) is 145 cm³/mol. The Morgan fingerprint density at radius 1 is 1.00 bits per heavy atom. The Balaban J connectivity index is 1.73. The van der Waals surface area contributed by atoms with Gasteiger partial charge in [0.25, 0.3) is 0 Å². The summed E-state index contributed by atoms with van der Waals surface area (Å²) in [5.74, 6) is -8.84. The van der Waals surface area contributed by atoms with Crippen LogP contribution >= 0.6 is 0 Å². The normalized spacial score (nSPS) is 18.9. The number of fused-ring (bicyclic) bond motifs is 2. The van der Waals surface area contributed by atoms with E-state index in [1.807, 2.05) is 12.1 Å². The molecule has 40 heavy (non-hydrogen) atoms. The third-order valence-electron chi connectivity index (χ3n) is 8.50. The van der Waals surface area contributed by atoms with Crippen LogP contribution in [0.4, 0.5) is 18.9 Å². The number of esters is 1. The molecule has 2 saturated heterocycles. The number of nitrogens with zero attached hydrogens (tertiary/aromatic N) is 2. The Bertz CT molecular complexity index is 1640. The van der Waals surface area contributed by atoms with Gasteiger partial charge in [0.15, 0.2) is 17.3 Å². The minimum absolute atomic E-state index is 0.0860. The molecule has 10 heteroatoms. The summed E-state index contributed by atoms with van der Waals surface area (Å²) in [5.41, 5.74) is -0.159.